The second kappa shape index (κ2) is 9.63. The number of anilines is 2. The lowest BCUT2D eigenvalue weighted by Gasteiger charge is -2.34. The van der Waals surface area contributed by atoms with E-state index in [0.717, 1.165) is 5.69 Å². The molecule has 1 fully saturated rings. The van der Waals surface area contributed by atoms with Crippen LogP contribution in [0.3, 0.4) is 0 Å². The van der Waals surface area contributed by atoms with Gasteiger partial charge in [0.05, 0.1) is 23.6 Å². The first-order valence-electron chi connectivity index (χ1n) is 11.3. The Morgan fingerprint density at radius 2 is 2.00 bits per heavy atom. The van der Waals surface area contributed by atoms with Gasteiger partial charge in [0.1, 0.15) is 11.5 Å². The summed E-state index contributed by atoms with van der Waals surface area (Å²) < 4.78 is 39.1. The second-order valence-electron chi connectivity index (χ2n) is 8.43. The molecule has 0 radical (unpaired) electrons. The molecule has 0 saturated carbocycles. The number of ether oxygens (including phenoxy) is 2. The van der Waals surface area contributed by atoms with Gasteiger partial charge < -0.3 is 19.7 Å². The van der Waals surface area contributed by atoms with E-state index in [1.54, 1.807) is 37.1 Å². The Kier molecular flexibility index (Phi) is 6.81. The van der Waals surface area contributed by atoms with Gasteiger partial charge in [-0.05, 0) is 62.6 Å². The minimum atomic E-state index is -3.86. The number of nitrogens with one attached hydrogen (secondary N) is 1. The summed E-state index contributed by atoms with van der Waals surface area (Å²) in [4.78, 5) is 26.8. The number of benzene rings is 2. The Hall–Kier alpha value is -3.11. The van der Waals surface area contributed by atoms with E-state index < -0.39 is 15.9 Å². The lowest BCUT2D eigenvalue weighted by molar-refractivity contribution is -0.123. The van der Waals surface area contributed by atoms with Gasteiger partial charge >= 0.3 is 0 Å². The Morgan fingerprint density at radius 1 is 1.26 bits per heavy atom. The number of amides is 2. The zero-order valence-electron chi connectivity index (χ0n) is 19.5. The summed E-state index contributed by atoms with van der Waals surface area (Å²) in [6.45, 7) is 4.35. The molecule has 4 rings (SSSR count). The van der Waals surface area contributed by atoms with Gasteiger partial charge in [0, 0.05) is 31.4 Å². The minimum absolute atomic E-state index is 0.0965. The first-order chi connectivity index (χ1) is 16.2. The fraction of sp³-hybridized carbons (Fsp3) is 0.417. The number of hydrogen-bond donors (Lipinski definition) is 1. The van der Waals surface area contributed by atoms with Crippen LogP contribution in [-0.2, 0) is 19.6 Å². The highest BCUT2D eigenvalue weighted by Crippen LogP contribution is 2.35. The van der Waals surface area contributed by atoms with Crippen molar-refractivity contribution in [3.8, 4) is 11.5 Å². The molecule has 2 aliphatic heterocycles. The topological polar surface area (TPSA) is 105 Å². The normalized spacial score (nSPS) is 18.4. The van der Waals surface area contributed by atoms with Crippen LogP contribution in [0.25, 0.3) is 0 Å². The molecule has 2 amide bonds. The van der Waals surface area contributed by atoms with Crippen molar-refractivity contribution in [2.75, 3.05) is 43.6 Å². The molecule has 1 atom stereocenters. The van der Waals surface area contributed by atoms with Crippen molar-refractivity contribution in [2.24, 2.45) is 5.92 Å². The van der Waals surface area contributed by atoms with E-state index in [9.17, 15) is 18.0 Å². The van der Waals surface area contributed by atoms with Crippen molar-refractivity contribution in [3.05, 3.63) is 42.0 Å². The fourth-order valence-electron chi connectivity index (χ4n) is 4.44. The van der Waals surface area contributed by atoms with Crippen LogP contribution in [-0.4, -0.2) is 57.9 Å². The highest BCUT2D eigenvalue weighted by Gasteiger charge is 2.36. The maximum atomic E-state index is 13.6. The Bertz CT molecular complexity index is 1200. The molecule has 2 aliphatic rings. The van der Waals surface area contributed by atoms with Crippen molar-refractivity contribution >= 4 is 33.2 Å². The zero-order chi connectivity index (χ0) is 24.5. The van der Waals surface area contributed by atoms with Gasteiger partial charge in [-0.15, -0.1) is 0 Å². The number of hydrogen-bond acceptors (Lipinski definition) is 6. The van der Waals surface area contributed by atoms with Crippen LogP contribution in [0, 0.1) is 12.8 Å². The number of sulfonamides is 1. The zero-order valence-corrected chi connectivity index (χ0v) is 20.4. The number of carbonyl (C=O) groups is 2. The second-order valence-corrected chi connectivity index (χ2v) is 10.3. The lowest BCUT2D eigenvalue weighted by atomic mass is 9.97. The summed E-state index contributed by atoms with van der Waals surface area (Å²) in [6.07, 6.45) is 1.21. The summed E-state index contributed by atoms with van der Waals surface area (Å²) >= 11 is 0. The molecule has 9 nitrogen and oxygen atoms in total. The van der Waals surface area contributed by atoms with E-state index >= 15 is 0 Å². The van der Waals surface area contributed by atoms with E-state index in [4.69, 9.17) is 9.47 Å². The molecule has 34 heavy (non-hydrogen) atoms. The van der Waals surface area contributed by atoms with Crippen LogP contribution in [0.5, 0.6) is 11.5 Å². The third kappa shape index (κ3) is 4.60. The van der Waals surface area contributed by atoms with Crippen molar-refractivity contribution in [1.82, 2.24) is 4.31 Å². The number of aryl methyl sites for hydroxylation is 1. The average Bonchev–Trinajstić information content (AvgIpc) is 2.84. The summed E-state index contributed by atoms with van der Waals surface area (Å²) in [5.41, 5.74) is 1.71. The minimum Gasteiger partial charge on any atom is -0.497 e. The average molecular weight is 488 g/mol. The molecule has 1 N–H and O–H groups in total. The molecule has 0 aromatic heterocycles. The van der Waals surface area contributed by atoms with E-state index in [-0.39, 0.29) is 29.9 Å². The molecule has 182 valence electrons. The maximum absolute atomic E-state index is 13.6. The van der Waals surface area contributed by atoms with Gasteiger partial charge in [0.25, 0.3) is 5.91 Å². The summed E-state index contributed by atoms with van der Waals surface area (Å²) in [5, 5.41) is 2.69. The van der Waals surface area contributed by atoms with Crippen molar-refractivity contribution < 1.29 is 27.5 Å². The van der Waals surface area contributed by atoms with E-state index in [1.165, 1.54) is 10.4 Å². The molecule has 1 saturated heterocycles. The van der Waals surface area contributed by atoms with Crippen molar-refractivity contribution in [3.63, 3.8) is 0 Å². The fourth-order valence-corrected chi connectivity index (χ4v) is 6.19. The van der Waals surface area contributed by atoms with Crippen LogP contribution in [0.15, 0.2) is 41.3 Å². The first-order valence-corrected chi connectivity index (χ1v) is 12.7. The molecule has 0 aliphatic carbocycles. The summed E-state index contributed by atoms with van der Waals surface area (Å²) in [5.74, 6) is 0.202. The van der Waals surface area contributed by atoms with Gasteiger partial charge in [0.2, 0.25) is 15.9 Å². The lowest BCUT2D eigenvalue weighted by Crippen LogP contribution is -2.47. The summed E-state index contributed by atoms with van der Waals surface area (Å²) in [6, 6.07) is 10.3. The molecule has 10 heteroatoms. The third-order valence-electron chi connectivity index (χ3n) is 6.23. The third-order valence-corrected chi connectivity index (χ3v) is 8.23. The van der Waals surface area contributed by atoms with Gasteiger partial charge in [-0.1, -0.05) is 0 Å². The molecule has 0 bridgehead atoms. The molecule has 2 aromatic carbocycles. The van der Waals surface area contributed by atoms with Gasteiger partial charge in [-0.2, -0.15) is 4.31 Å². The molecule has 0 spiro atoms. The Morgan fingerprint density at radius 3 is 2.68 bits per heavy atom. The molecular formula is C24H29N3O6S. The summed E-state index contributed by atoms with van der Waals surface area (Å²) in [7, 11) is -2.27. The van der Waals surface area contributed by atoms with Crippen molar-refractivity contribution in [2.45, 2.75) is 31.6 Å². The first kappa shape index (κ1) is 24.0. The number of piperidine rings is 1. The Balaban J connectivity index is 1.56. The highest BCUT2D eigenvalue weighted by atomic mass is 32.2. The number of fused-ring (bicyclic) bond motifs is 1. The van der Waals surface area contributed by atoms with Gasteiger partial charge in [0.15, 0.2) is 6.61 Å². The SMILES string of the molecule is CCN(C(=O)C1CCCN(S(=O)(=O)c2cc3c(cc2C)NC(=O)CO3)C1)c1ccc(OC)cc1. The highest BCUT2D eigenvalue weighted by molar-refractivity contribution is 7.89. The number of nitrogens with zero attached hydrogens (tertiary/aromatic N) is 2. The smallest absolute Gasteiger partial charge is 0.262 e. The number of rotatable bonds is 6. The number of carbonyl (C=O) groups excluding carboxylic acids is 2. The van der Waals surface area contributed by atoms with Crippen LogP contribution >= 0.6 is 0 Å². The maximum Gasteiger partial charge on any atom is 0.262 e. The predicted molar refractivity (Wildman–Crippen MR) is 128 cm³/mol. The largest absolute Gasteiger partial charge is 0.497 e. The van der Waals surface area contributed by atoms with E-state index in [2.05, 4.69) is 5.32 Å². The van der Waals surface area contributed by atoms with E-state index in [1.807, 2.05) is 19.1 Å². The van der Waals surface area contributed by atoms with Crippen molar-refractivity contribution in [1.29, 1.82) is 0 Å². The molecule has 2 aromatic rings. The van der Waals surface area contributed by atoms with E-state index in [0.29, 0.717) is 48.7 Å². The van der Waals surface area contributed by atoms with Crippen LogP contribution in [0.4, 0.5) is 11.4 Å². The van der Waals surface area contributed by atoms with Gasteiger partial charge in [-0.3, -0.25) is 9.59 Å². The molecular weight excluding hydrogens is 458 g/mol. The van der Waals surface area contributed by atoms with Crippen LogP contribution < -0.4 is 19.7 Å². The Labute approximate surface area is 199 Å². The standard InChI is InChI=1S/C24H29N3O6S/c1-4-27(18-7-9-19(32-3)10-8-18)24(29)17-6-5-11-26(14-17)34(30,31)22-13-21-20(12-16(22)2)25-23(28)15-33-21/h7-10,12-13,17H,4-6,11,14-15H2,1-3H3,(H,25,28). The number of methoxy groups -OCH3 is 1. The molecule has 1 unspecified atom stereocenters. The predicted octanol–water partition coefficient (Wildman–Crippen LogP) is 2.79. The molecule has 2 heterocycles. The monoisotopic (exact) mass is 487 g/mol. The van der Waals surface area contributed by atoms with Crippen LogP contribution in [0.1, 0.15) is 25.3 Å². The van der Waals surface area contributed by atoms with Gasteiger partial charge in [-0.25, -0.2) is 8.42 Å². The van der Waals surface area contributed by atoms with Crippen LogP contribution in [0.2, 0.25) is 0 Å². The quantitative estimate of drug-likeness (QED) is 0.672.